The van der Waals surface area contributed by atoms with E-state index in [9.17, 15) is 8.78 Å². The van der Waals surface area contributed by atoms with E-state index in [1.165, 1.54) is 25.3 Å². The Morgan fingerprint density at radius 3 is 2.40 bits per heavy atom. The molecule has 20 heavy (non-hydrogen) atoms. The van der Waals surface area contributed by atoms with Gasteiger partial charge in [-0.3, -0.25) is 0 Å². The van der Waals surface area contributed by atoms with E-state index in [4.69, 9.17) is 9.47 Å². The Kier molecular flexibility index (Phi) is 4.80. The first-order valence-electron chi connectivity index (χ1n) is 5.92. The van der Waals surface area contributed by atoms with E-state index in [1.54, 1.807) is 30.3 Å². The third-order valence-electron chi connectivity index (χ3n) is 2.73. The van der Waals surface area contributed by atoms with Crippen LogP contribution in [0.4, 0.5) is 8.78 Å². The molecule has 0 saturated carbocycles. The maximum atomic E-state index is 14.1. The number of alkyl halides is 2. The molecule has 0 bridgehead atoms. The van der Waals surface area contributed by atoms with E-state index in [-0.39, 0.29) is 5.56 Å². The Hall–Kier alpha value is -1.37. The Morgan fingerprint density at radius 1 is 1.05 bits per heavy atom. The summed E-state index contributed by atoms with van der Waals surface area (Å²) in [7, 11) is 1.44. The summed E-state index contributed by atoms with van der Waals surface area (Å²) < 4.78 is 39.2. The summed E-state index contributed by atoms with van der Waals surface area (Å²) in [5.74, 6) is -2.25. The molecule has 2 aromatic rings. The van der Waals surface area contributed by atoms with Crippen LogP contribution in [0.1, 0.15) is 5.56 Å². The lowest BCUT2D eigenvalue weighted by molar-refractivity contribution is -0.0468. The van der Waals surface area contributed by atoms with Crippen molar-refractivity contribution in [2.45, 2.75) is 5.92 Å². The highest BCUT2D eigenvalue weighted by molar-refractivity contribution is 14.1. The normalized spacial score (nSPS) is 11.2. The zero-order chi connectivity index (χ0) is 14.6. The second-order valence-corrected chi connectivity index (χ2v) is 5.42. The third kappa shape index (κ3) is 3.82. The minimum atomic E-state index is -3.07. The van der Waals surface area contributed by atoms with Gasteiger partial charge in [0.05, 0.1) is 7.11 Å². The zero-order valence-electron chi connectivity index (χ0n) is 10.8. The second-order valence-electron chi connectivity index (χ2n) is 4.18. The lowest BCUT2D eigenvalue weighted by Gasteiger charge is -2.18. The number of methoxy groups -OCH3 is 1. The van der Waals surface area contributed by atoms with Gasteiger partial charge in [0.15, 0.2) is 6.61 Å². The molecule has 0 heterocycles. The van der Waals surface area contributed by atoms with Gasteiger partial charge in [-0.15, -0.1) is 0 Å². The molecule has 0 radical (unpaired) electrons. The van der Waals surface area contributed by atoms with Crippen molar-refractivity contribution in [2.75, 3.05) is 13.7 Å². The minimum Gasteiger partial charge on any atom is -0.497 e. The summed E-state index contributed by atoms with van der Waals surface area (Å²) in [5.41, 5.74) is -0.123. The third-order valence-corrected chi connectivity index (χ3v) is 3.44. The maximum absolute atomic E-state index is 14.1. The van der Waals surface area contributed by atoms with Gasteiger partial charge >= 0.3 is 5.92 Å². The van der Waals surface area contributed by atoms with E-state index in [1.807, 2.05) is 0 Å². The molecule has 0 aliphatic heterocycles. The van der Waals surface area contributed by atoms with Crippen molar-refractivity contribution in [2.24, 2.45) is 0 Å². The summed E-state index contributed by atoms with van der Waals surface area (Å²) >= 11 is 2.14. The van der Waals surface area contributed by atoms with Gasteiger partial charge in [0.25, 0.3) is 0 Å². The van der Waals surface area contributed by atoms with Crippen LogP contribution in [0.2, 0.25) is 0 Å². The Bertz CT molecular complexity index is 570. The lowest BCUT2D eigenvalue weighted by atomic mass is 10.1. The van der Waals surface area contributed by atoms with Crippen LogP contribution in [0.15, 0.2) is 48.5 Å². The molecular formula is C15H13F2IO2. The van der Waals surface area contributed by atoms with Crippen LogP contribution in [0.3, 0.4) is 0 Å². The predicted molar refractivity (Wildman–Crippen MR) is 81.5 cm³/mol. The van der Waals surface area contributed by atoms with Gasteiger partial charge in [-0.05, 0) is 59.0 Å². The summed E-state index contributed by atoms with van der Waals surface area (Å²) in [4.78, 5) is 0. The van der Waals surface area contributed by atoms with E-state index in [0.29, 0.717) is 11.5 Å². The molecule has 106 valence electrons. The zero-order valence-corrected chi connectivity index (χ0v) is 12.9. The van der Waals surface area contributed by atoms with Crippen molar-refractivity contribution in [3.63, 3.8) is 0 Å². The average Bonchev–Trinajstić information content (AvgIpc) is 2.47. The van der Waals surface area contributed by atoms with Crippen LogP contribution in [0, 0.1) is 3.57 Å². The monoisotopic (exact) mass is 390 g/mol. The van der Waals surface area contributed by atoms with E-state index in [0.717, 1.165) is 3.57 Å². The summed E-state index contributed by atoms with van der Waals surface area (Å²) in [5, 5.41) is 0. The van der Waals surface area contributed by atoms with E-state index in [2.05, 4.69) is 22.6 Å². The molecular weight excluding hydrogens is 377 g/mol. The molecule has 0 saturated heterocycles. The second kappa shape index (κ2) is 6.39. The number of rotatable bonds is 5. The largest absolute Gasteiger partial charge is 0.497 e. The fourth-order valence-corrected chi connectivity index (χ4v) is 2.00. The first-order valence-corrected chi connectivity index (χ1v) is 7.00. The molecule has 0 unspecified atom stereocenters. The van der Waals surface area contributed by atoms with Gasteiger partial charge in [0.1, 0.15) is 11.5 Å². The molecule has 2 nitrogen and oxygen atoms in total. The molecule has 0 aliphatic carbocycles. The van der Waals surface area contributed by atoms with Gasteiger partial charge in [-0.2, -0.15) is 8.78 Å². The Labute approximate surface area is 129 Å². The lowest BCUT2D eigenvalue weighted by Crippen LogP contribution is -2.23. The first kappa shape index (κ1) is 15.0. The quantitative estimate of drug-likeness (QED) is 0.702. The molecule has 0 atom stereocenters. The highest BCUT2D eigenvalue weighted by Crippen LogP contribution is 2.31. The summed E-state index contributed by atoms with van der Waals surface area (Å²) in [6, 6.07) is 12.8. The standard InChI is InChI=1S/C15H13F2IO2/c1-19-14-4-2-3-11(9-14)15(16,17)10-20-13-7-5-12(18)6-8-13/h2-9H,10H2,1H3. The first-order chi connectivity index (χ1) is 9.51. The molecule has 5 heteroatoms. The molecule has 2 rings (SSSR count). The molecule has 0 amide bonds. The summed E-state index contributed by atoms with van der Waals surface area (Å²) in [6.07, 6.45) is 0. The number of hydrogen-bond donors (Lipinski definition) is 0. The molecule has 0 N–H and O–H groups in total. The number of halogens is 3. The molecule has 0 aromatic heterocycles. The van der Waals surface area contributed by atoms with Crippen LogP contribution in [-0.4, -0.2) is 13.7 Å². The van der Waals surface area contributed by atoms with Gasteiger partial charge in [-0.25, -0.2) is 0 Å². The van der Waals surface area contributed by atoms with Gasteiger partial charge in [-0.1, -0.05) is 12.1 Å². The Morgan fingerprint density at radius 2 is 1.75 bits per heavy atom. The van der Waals surface area contributed by atoms with Crippen molar-refractivity contribution < 1.29 is 18.3 Å². The highest BCUT2D eigenvalue weighted by Gasteiger charge is 2.33. The predicted octanol–water partition coefficient (Wildman–Crippen LogP) is 4.47. The average molecular weight is 390 g/mol. The number of benzene rings is 2. The fraction of sp³-hybridized carbons (Fsp3) is 0.200. The van der Waals surface area contributed by atoms with Crippen LogP contribution in [-0.2, 0) is 5.92 Å². The van der Waals surface area contributed by atoms with Crippen LogP contribution >= 0.6 is 22.6 Å². The smallest absolute Gasteiger partial charge is 0.306 e. The highest BCUT2D eigenvalue weighted by atomic mass is 127. The molecule has 2 aromatic carbocycles. The van der Waals surface area contributed by atoms with E-state index < -0.39 is 12.5 Å². The molecule has 0 aliphatic rings. The molecule has 0 fully saturated rings. The van der Waals surface area contributed by atoms with Crippen molar-refractivity contribution in [3.8, 4) is 11.5 Å². The Balaban J connectivity index is 2.08. The number of ether oxygens (including phenoxy) is 2. The fourth-order valence-electron chi connectivity index (χ4n) is 1.64. The van der Waals surface area contributed by atoms with Crippen LogP contribution < -0.4 is 9.47 Å². The van der Waals surface area contributed by atoms with Crippen LogP contribution in [0.5, 0.6) is 11.5 Å². The molecule has 0 spiro atoms. The van der Waals surface area contributed by atoms with Gasteiger partial charge < -0.3 is 9.47 Å². The van der Waals surface area contributed by atoms with E-state index >= 15 is 0 Å². The van der Waals surface area contributed by atoms with Gasteiger partial charge in [0.2, 0.25) is 0 Å². The SMILES string of the molecule is COc1cccc(C(F)(F)COc2ccc(I)cc2)c1. The van der Waals surface area contributed by atoms with Crippen LogP contribution in [0.25, 0.3) is 0 Å². The topological polar surface area (TPSA) is 18.5 Å². The number of hydrogen-bond acceptors (Lipinski definition) is 2. The van der Waals surface area contributed by atoms with Crippen molar-refractivity contribution in [3.05, 3.63) is 57.7 Å². The van der Waals surface area contributed by atoms with Crippen molar-refractivity contribution in [1.29, 1.82) is 0 Å². The van der Waals surface area contributed by atoms with Gasteiger partial charge in [0, 0.05) is 9.13 Å². The maximum Gasteiger partial charge on any atom is 0.306 e. The minimum absolute atomic E-state index is 0.123. The van der Waals surface area contributed by atoms with Crippen molar-refractivity contribution in [1.82, 2.24) is 0 Å². The van der Waals surface area contributed by atoms with Crippen molar-refractivity contribution >= 4 is 22.6 Å². The summed E-state index contributed by atoms with van der Waals surface area (Å²) in [6.45, 7) is -0.708.